The number of hydrogen-bond acceptors (Lipinski definition) is 4. The molecule has 1 atom stereocenters. The largest absolute Gasteiger partial charge is 0.486 e. The molecule has 2 aromatic carbocycles. The van der Waals surface area contributed by atoms with Gasteiger partial charge in [0, 0.05) is 12.3 Å². The van der Waals surface area contributed by atoms with E-state index in [-0.39, 0.29) is 6.10 Å². The van der Waals surface area contributed by atoms with Crippen molar-refractivity contribution in [1.29, 1.82) is 0 Å². The molecule has 0 aliphatic rings. The smallest absolute Gasteiger partial charge is 0.140 e. The maximum absolute atomic E-state index is 6.20. The van der Waals surface area contributed by atoms with Crippen molar-refractivity contribution >= 4 is 41.0 Å². The molecule has 0 bridgehead atoms. The number of oxime groups is 1. The van der Waals surface area contributed by atoms with E-state index in [1.807, 2.05) is 30.3 Å². The van der Waals surface area contributed by atoms with Gasteiger partial charge < -0.3 is 14.3 Å². The van der Waals surface area contributed by atoms with Gasteiger partial charge in [-0.3, -0.25) is 0 Å². The van der Waals surface area contributed by atoms with Gasteiger partial charge in [-0.1, -0.05) is 70.3 Å². The summed E-state index contributed by atoms with van der Waals surface area (Å²) in [7, 11) is 1.50. The molecule has 0 amide bonds. The average molecular weight is 417 g/mol. The minimum atomic E-state index is -0.225. The first-order valence-corrected chi connectivity index (χ1v) is 9.21. The fourth-order valence-corrected chi connectivity index (χ4v) is 2.80. The molecule has 0 N–H and O–H groups in total. The Morgan fingerprint density at radius 1 is 1.04 bits per heavy atom. The van der Waals surface area contributed by atoms with Crippen LogP contribution in [0.1, 0.15) is 18.4 Å². The normalized spacial score (nSPS) is 12.3. The van der Waals surface area contributed by atoms with Crippen LogP contribution in [0, 0.1) is 0 Å². The van der Waals surface area contributed by atoms with Crippen molar-refractivity contribution in [2.24, 2.45) is 5.16 Å². The summed E-state index contributed by atoms with van der Waals surface area (Å²) < 4.78 is 11.8. The maximum Gasteiger partial charge on any atom is 0.140 e. The summed E-state index contributed by atoms with van der Waals surface area (Å²) in [4.78, 5) is 4.67. The summed E-state index contributed by atoms with van der Waals surface area (Å²) in [5.41, 5.74) is 1.10. The van der Waals surface area contributed by atoms with E-state index >= 15 is 0 Å². The van der Waals surface area contributed by atoms with Gasteiger partial charge in [0.2, 0.25) is 0 Å². The van der Waals surface area contributed by atoms with Crippen LogP contribution in [0.2, 0.25) is 15.1 Å². The van der Waals surface area contributed by atoms with Crippen LogP contribution in [0.3, 0.4) is 0 Å². The highest BCUT2D eigenvalue weighted by Gasteiger charge is 2.15. The summed E-state index contributed by atoms with van der Waals surface area (Å²) >= 11 is 18.2. The van der Waals surface area contributed by atoms with Crippen molar-refractivity contribution in [3.63, 3.8) is 0 Å². The molecule has 1 unspecified atom stereocenters. The molecule has 2 rings (SSSR count). The Balaban J connectivity index is 1.98. The van der Waals surface area contributed by atoms with E-state index in [0.29, 0.717) is 46.9 Å². The van der Waals surface area contributed by atoms with Crippen molar-refractivity contribution in [1.82, 2.24) is 0 Å². The number of hydrogen-bond donors (Lipinski definition) is 0. The molecular weight excluding hydrogens is 397 g/mol. The van der Waals surface area contributed by atoms with Crippen LogP contribution in [0.5, 0.6) is 5.75 Å². The van der Waals surface area contributed by atoms with Crippen LogP contribution in [-0.4, -0.2) is 26.0 Å². The van der Waals surface area contributed by atoms with E-state index in [2.05, 4.69) is 9.99 Å². The molecule has 0 saturated heterocycles. The first-order valence-electron chi connectivity index (χ1n) is 8.08. The molecule has 2 aromatic rings. The number of rotatable bonds is 10. The average Bonchev–Trinajstić information content (AvgIpc) is 2.64. The lowest BCUT2D eigenvalue weighted by Gasteiger charge is -2.20. The Morgan fingerprint density at radius 2 is 1.77 bits per heavy atom. The Labute approximate surface area is 168 Å². The minimum absolute atomic E-state index is 0.225. The van der Waals surface area contributed by atoms with E-state index < -0.39 is 0 Å². The van der Waals surface area contributed by atoms with E-state index in [9.17, 15) is 0 Å². The van der Waals surface area contributed by atoms with E-state index in [1.54, 1.807) is 18.3 Å². The molecule has 0 saturated carbocycles. The summed E-state index contributed by atoms with van der Waals surface area (Å²) in [6, 6.07) is 13.1. The monoisotopic (exact) mass is 415 g/mol. The second-order valence-corrected chi connectivity index (χ2v) is 6.71. The first kappa shape index (κ1) is 20.8. The Morgan fingerprint density at radius 3 is 2.50 bits per heavy atom. The zero-order valence-electron chi connectivity index (χ0n) is 14.3. The Hall–Kier alpha value is -1.46. The van der Waals surface area contributed by atoms with Gasteiger partial charge in [0.15, 0.2) is 0 Å². The molecule has 0 aromatic heterocycles. The van der Waals surface area contributed by atoms with Gasteiger partial charge in [0.05, 0.1) is 28.3 Å². The quantitative estimate of drug-likeness (QED) is 0.270. The second kappa shape index (κ2) is 11.3. The molecule has 4 nitrogen and oxygen atoms in total. The van der Waals surface area contributed by atoms with Crippen molar-refractivity contribution in [2.75, 3.05) is 13.7 Å². The summed E-state index contributed by atoms with van der Waals surface area (Å²) in [6.07, 6.45) is 2.81. The van der Waals surface area contributed by atoms with Gasteiger partial charge in [-0.05, 0) is 24.5 Å². The Kier molecular flexibility index (Phi) is 9.06. The molecule has 0 spiro atoms. The number of benzene rings is 2. The maximum atomic E-state index is 6.20. The van der Waals surface area contributed by atoms with Gasteiger partial charge in [-0.2, -0.15) is 0 Å². The van der Waals surface area contributed by atoms with Crippen LogP contribution in [-0.2, 0) is 16.2 Å². The molecular formula is C19H20Cl3NO3. The fraction of sp³-hybridized carbons (Fsp3) is 0.316. The number of nitrogens with zero attached hydrogens (tertiary/aromatic N) is 1. The van der Waals surface area contributed by atoms with Gasteiger partial charge in [-0.15, -0.1) is 0 Å². The summed E-state index contributed by atoms with van der Waals surface area (Å²) in [5.74, 6) is 0.470. The third-order valence-electron chi connectivity index (χ3n) is 3.48. The van der Waals surface area contributed by atoms with Gasteiger partial charge >= 0.3 is 0 Å². The van der Waals surface area contributed by atoms with E-state index in [0.717, 1.165) is 5.56 Å². The lowest BCUT2D eigenvalue weighted by Crippen LogP contribution is -2.23. The van der Waals surface area contributed by atoms with Crippen LogP contribution >= 0.6 is 34.8 Å². The van der Waals surface area contributed by atoms with Crippen LogP contribution in [0.15, 0.2) is 47.6 Å². The van der Waals surface area contributed by atoms with Gasteiger partial charge in [-0.25, -0.2) is 0 Å². The minimum Gasteiger partial charge on any atom is -0.486 e. The number of ether oxygens (including phenoxy) is 2. The molecule has 0 fully saturated rings. The zero-order valence-corrected chi connectivity index (χ0v) is 16.6. The van der Waals surface area contributed by atoms with Crippen molar-refractivity contribution in [2.45, 2.75) is 25.6 Å². The standard InChI is InChI=1S/C19H20Cl3NO3/c1-24-23-9-5-8-15(13-25-12-14-6-3-2-4-7-14)26-19-11-17(21)16(20)10-18(19)22/h2-4,6-7,9-11,15H,5,8,12-13H2,1H3. The SMILES string of the molecule is CON=CCCC(COCc1ccccc1)Oc1cc(Cl)c(Cl)cc1Cl. The second-order valence-electron chi connectivity index (χ2n) is 5.49. The molecule has 0 radical (unpaired) electrons. The molecule has 0 heterocycles. The van der Waals surface area contributed by atoms with Crippen molar-refractivity contribution < 1.29 is 14.3 Å². The predicted octanol–water partition coefficient (Wildman–Crippen LogP) is 6.02. The molecule has 0 aliphatic carbocycles. The van der Waals surface area contributed by atoms with Crippen molar-refractivity contribution in [3.05, 3.63) is 63.1 Å². The Bertz CT molecular complexity index is 711. The molecule has 7 heteroatoms. The highest BCUT2D eigenvalue weighted by atomic mass is 35.5. The summed E-state index contributed by atoms with van der Waals surface area (Å²) in [6.45, 7) is 0.897. The molecule has 0 aliphatic heterocycles. The summed E-state index contributed by atoms with van der Waals surface area (Å²) in [5, 5.41) is 4.90. The predicted molar refractivity (Wildman–Crippen MR) is 107 cm³/mol. The van der Waals surface area contributed by atoms with Crippen LogP contribution in [0.25, 0.3) is 0 Å². The highest BCUT2D eigenvalue weighted by molar-refractivity contribution is 6.43. The third kappa shape index (κ3) is 7.04. The van der Waals surface area contributed by atoms with E-state index in [1.165, 1.54) is 7.11 Å². The first-order chi connectivity index (χ1) is 12.6. The van der Waals surface area contributed by atoms with Gasteiger partial charge in [0.25, 0.3) is 0 Å². The number of halogens is 3. The third-order valence-corrected chi connectivity index (χ3v) is 4.50. The van der Waals surface area contributed by atoms with Crippen LogP contribution < -0.4 is 4.74 Å². The lowest BCUT2D eigenvalue weighted by molar-refractivity contribution is 0.0383. The van der Waals surface area contributed by atoms with E-state index in [4.69, 9.17) is 44.3 Å². The van der Waals surface area contributed by atoms with Crippen molar-refractivity contribution in [3.8, 4) is 5.75 Å². The fourth-order valence-electron chi connectivity index (χ4n) is 2.22. The van der Waals surface area contributed by atoms with Crippen LogP contribution in [0.4, 0.5) is 0 Å². The zero-order chi connectivity index (χ0) is 18.8. The lowest BCUT2D eigenvalue weighted by atomic mass is 10.2. The highest BCUT2D eigenvalue weighted by Crippen LogP contribution is 2.34. The van der Waals surface area contributed by atoms with Gasteiger partial charge in [0.1, 0.15) is 19.0 Å². The molecule has 140 valence electrons. The molecule has 26 heavy (non-hydrogen) atoms. The topological polar surface area (TPSA) is 40.0 Å².